The number of nitrogens with zero attached hydrogens (tertiary/aromatic N) is 2. The van der Waals surface area contributed by atoms with Gasteiger partial charge in [0, 0.05) is 41.2 Å². The van der Waals surface area contributed by atoms with E-state index in [1.54, 1.807) is 24.5 Å². The highest BCUT2D eigenvalue weighted by molar-refractivity contribution is 9.10. The van der Waals surface area contributed by atoms with Crippen LogP contribution < -0.4 is 10.6 Å². The summed E-state index contributed by atoms with van der Waals surface area (Å²) in [5.74, 6) is -0.327. The van der Waals surface area contributed by atoms with Crippen molar-refractivity contribution < 1.29 is 9.59 Å². The van der Waals surface area contributed by atoms with E-state index in [0.29, 0.717) is 11.4 Å². The van der Waals surface area contributed by atoms with Gasteiger partial charge in [-0.3, -0.25) is 19.6 Å². The molecule has 0 unspecified atom stereocenters. The van der Waals surface area contributed by atoms with Gasteiger partial charge in [-0.05, 0) is 47.1 Å². The number of anilines is 1. The molecule has 0 aliphatic carbocycles. The van der Waals surface area contributed by atoms with Crippen molar-refractivity contribution in [1.82, 2.24) is 15.3 Å². The Kier molecular flexibility index (Phi) is 6.22. The van der Waals surface area contributed by atoms with Crippen LogP contribution in [0.4, 0.5) is 5.69 Å². The maximum Gasteiger partial charge on any atom is 0.226 e. The second-order valence-corrected chi connectivity index (χ2v) is 5.80. The molecule has 23 heavy (non-hydrogen) atoms. The van der Waals surface area contributed by atoms with Gasteiger partial charge >= 0.3 is 0 Å². The number of amides is 2. The SMILES string of the molecule is Cc1ccc(Br)c(CC(=O)NCCC(=O)Nc2ccncc2)n1. The number of pyridine rings is 2. The van der Waals surface area contributed by atoms with Crippen molar-refractivity contribution in [2.45, 2.75) is 19.8 Å². The molecule has 2 rings (SSSR count). The zero-order valence-corrected chi connectivity index (χ0v) is 14.3. The van der Waals surface area contributed by atoms with Crippen LogP contribution >= 0.6 is 15.9 Å². The lowest BCUT2D eigenvalue weighted by atomic mass is 10.2. The molecule has 0 aliphatic rings. The number of nitrogens with one attached hydrogen (secondary N) is 2. The Morgan fingerprint density at radius 3 is 2.61 bits per heavy atom. The van der Waals surface area contributed by atoms with E-state index in [4.69, 9.17) is 0 Å². The van der Waals surface area contributed by atoms with Crippen molar-refractivity contribution in [1.29, 1.82) is 0 Å². The Hall–Kier alpha value is -2.28. The molecular weight excluding hydrogens is 360 g/mol. The average Bonchev–Trinajstić information content (AvgIpc) is 2.52. The lowest BCUT2D eigenvalue weighted by Crippen LogP contribution is -2.29. The van der Waals surface area contributed by atoms with Crippen LogP contribution in [-0.4, -0.2) is 28.3 Å². The number of hydrogen-bond acceptors (Lipinski definition) is 4. The molecule has 0 spiro atoms. The Balaban J connectivity index is 1.74. The number of hydrogen-bond donors (Lipinski definition) is 2. The van der Waals surface area contributed by atoms with Crippen LogP contribution in [0.15, 0.2) is 41.1 Å². The maximum atomic E-state index is 11.9. The van der Waals surface area contributed by atoms with E-state index in [0.717, 1.165) is 10.2 Å². The topological polar surface area (TPSA) is 84.0 Å². The third-order valence-electron chi connectivity index (χ3n) is 3.02. The van der Waals surface area contributed by atoms with Gasteiger partial charge in [-0.25, -0.2) is 0 Å². The first-order chi connectivity index (χ1) is 11.0. The summed E-state index contributed by atoms with van der Waals surface area (Å²) in [5, 5.41) is 5.45. The molecule has 2 amide bonds. The van der Waals surface area contributed by atoms with E-state index >= 15 is 0 Å². The quantitative estimate of drug-likeness (QED) is 0.809. The fourth-order valence-corrected chi connectivity index (χ4v) is 2.27. The van der Waals surface area contributed by atoms with Crippen molar-refractivity contribution in [2.75, 3.05) is 11.9 Å². The zero-order chi connectivity index (χ0) is 16.7. The third-order valence-corrected chi connectivity index (χ3v) is 3.75. The first-order valence-corrected chi connectivity index (χ1v) is 7.92. The highest BCUT2D eigenvalue weighted by Gasteiger charge is 2.09. The lowest BCUT2D eigenvalue weighted by Gasteiger charge is -2.07. The van der Waals surface area contributed by atoms with Gasteiger partial charge < -0.3 is 10.6 Å². The summed E-state index contributed by atoms with van der Waals surface area (Å²) in [6.07, 6.45) is 3.58. The minimum Gasteiger partial charge on any atom is -0.355 e. The average molecular weight is 377 g/mol. The summed E-state index contributed by atoms with van der Waals surface area (Å²) in [4.78, 5) is 31.8. The van der Waals surface area contributed by atoms with Gasteiger partial charge in [0.2, 0.25) is 11.8 Å². The van der Waals surface area contributed by atoms with Crippen molar-refractivity contribution in [3.05, 3.63) is 52.5 Å². The summed E-state index contributed by atoms with van der Waals surface area (Å²) >= 11 is 3.38. The minimum absolute atomic E-state index is 0.161. The van der Waals surface area contributed by atoms with Crippen molar-refractivity contribution in [3.63, 3.8) is 0 Å². The van der Waals surface area contributed by atoms with E-state index in [1.807, 2.05) is 19.1 Å². The Bertz CT molecular complexity index is 692. The van der Waals surface area contributed by atoms with E-state index < -0.39 is 0 Å². The highest BCUT2D eigenvalue weighted by Crippen LogP contribution is 2.15. The Labute approximate surface area is 142 Å². The third kappa shape index (κ3) is 5.78. The van der Waals surface area contributed by atoms with Gasteiger partial charge in [-0.15, -0.1) is 0 Å². The Morgan fingerprint density at radius 2 is 1.87 bits per heavy atom. The Morgan fingerprint density at radius 1 is 1.13 bits per heavy atom. The molecule has 6 nitrogen and oxygen atoms in total. The summed E-state index contributed by atoms with van der Waals surface area (Å²) < 4.78 is 0.800. The van der Waals surface area contributed by atoms with Crippen molar-refractivity contribution in [2.24, 2.45) is 0 Å². The van der Waals surface area contributed by atoms with Gasteiger partial charge in [-0.1, -0.05) is 0 Å². The van der Waals surface area contributed by atoms with Crippen LogP contribution in [0.5, 0.6) is 0 Å². The molecule has 120 valence electrons. The van der Waals surface area contributed by atoms with E-state index in [1.165, 1.54) is 0 Å². The first kappa shape index (κ1) is 17.1. The van der Waals surface area contributed by atoms with E-state index in [-0.39, 0.29) is 31.2 Å². The molecule has 0 atom stereocenters. The van der Waals surface area contributed by atoms with Gasteiger partial charge in [0.05, 0.1) is 12.1 Å². The molecule has 0 aliphatic heterocycles. The van der Waals surface area contributed by atoms with E-state index in [2.05, 4.69) is 36.5 Å². The monoisotopic (exact) mass is 376 g/mol. The van der Waals surface area contributed by atoms with Crippen molar-refractivity contribution >= 4 is 33.4 Å². The van der Waals surface area contributed by atoms with Crippen molar-refractivity contribution in [3.8, 4) is 0 Å². The van der Waals surface area contributed by atoms with Crippen LogP contribution in [-0.2, 0) is 16.0 Å². The molecular formula is C16H17BrN4O2. The zero-order valence-electron chi connectivity index (χ0n) is 12.7. The summed E-state index contributed by atoms with van der Waals surface area (Å²) in [6.45, 7) is 2.15. The molecule has 7 heteroatoms. The van der Waals surface area contributed by atoms with Crippen LogP contribution in [0, 0.1) is 6.92 Å². The number of aryl methyl sites for hydroxylation is 1. The maximum absolute atomic E-state index is 11.9. The fraction of sp³-hybridized carbons (Fsp3) is 0.250. The van der Waals surface area contributed by atoms with Gasteiger partial charge in [0.1, 0.15) is 0 Å². The lowest BCUT2D eigenvalue weighted by molar-refractivity contribution is -0.120. The molecule has 2 aromatic heterocycles. The molecule has 0 radical (unpaired) electrons. The minimum atomic E-state index is -0.166. The molecule has 0 fully saturated rings. The van der Waals surface area contributed by atoms with Gasteiger partial charge in [0.25, 0.3) is 0 Å². The van der Waals surface area contributed by atoms with Crippen LogP contribution in [0.25, 0.3) is 0 Å². The smallest absolute Gasteiger partial charge is 0.226 e. The first-order valence-electron chi connectivity index (χ1n) is 7.13. The van der Waals surface area contributed by atoms with Crippen LogP contribution in [0.3, 0.4) is 0 Å². The standard InChI is InChI=1S/C16H17BrN4O2/c1-11-2-3-13(17)14(20-11)10-16(23)19-9-6-15(22)21-12-4-7-18-8-5-12/h2-5,7-8H,6,9-10H2,1H3,(H,19,23)(H,18,21,22). The molecule has 2 N–H and O–H groups in total. The molecule has 2 heterocycles. The summed E-state index contributed by atoms with van der Waals surface area (Å²) in [5.41, 5.74) is 2.22. The number of halogens is 1. The van der Waals surface area contributed by atoms with Crippen LogP contribution in [0.1, 0.15) is 17.8 Å². The molecule has 0 saturated carbocycles. The molecule has 0 bridgehead atoms. The van der Waals surface area contributed by atoms with E-state index in [9.17, 15) is 9.59 Å². The summed E-state index contributed by atoms with van der Waals surface area (Å²) in [6, 6.07) is 7.15. The fourth-order valence-electron chi connectivity index (χ4n) is 1.91. The largest absolute Gasteiger partial charge is 0.355 e. The normalized spacial score (nSPS) is 10.2. The second-order valence-electron chi connectivity index (χ2n) is 4.94. The van der Waals surface area contributed by atoms with Gasteiger partial charge in [0.15, 0.2) is 0 Å². The number of aromatic nitrogens is 2. The summed E-state index contributed by atoms with van der Waals surface area (Å²) in [7, 11) is 0. The van der Waals surface area contributed by atoms with Gasteiger partial charge in [-0.2, -0.15) is 0 Å². The number of carbonyl (C=O) groups is 2. The predicted octanol–water partition coefficient (Wildman–Crippen LogP) is 2.24. The highest BCUT2D eigenvalue weighted by atomic mass is 79.9. The number of carbonyl (C=O) groups excluding carboxylic acids is 2. The molecule has 2 aromatic rings. The predicted molar refractivity (Wildman–Crippen MR) is 90.9 cm³/mol. The molecule has 0 aromatic carbocycles. The molecule has 0 saturated heterocycles. The number of rotatable bonds is 6. The van der Waals surface area contributed by atoms with Crippen LogP contribution in [0.2, 0.25) is 0 Å². The second kappa shape index (κ2) is 8.38.